The largest absolute Gasteiger partial charge is 0.336 e. The average molecular weight is 123 g/mol. The number of hydrogen-bond acceptors (Lipinski definition) is 3. The first-order valence-corrected chi connectivity index (χ1v) is 2.50. The summed E-state index contributed by atoms with van der Waals surface area (Å²) in [6.07, 6.45) is 5.10. The molecule has 0 spiro atoms. The summed E-state index contributed by atoms with van der Waals surface area (Å²) in [5, 5.41) is 7.36. The Balaban J connectivity index is 2.99. The molecule has 2 heterocycles. The Morgan fingerprint density at radius 2 is 2.33 bits per heavy atom. The topological polar surface area (TPSA) is 61.1 Å². The van der Waals surface area contributed by atoms with E-state index in [1.165, 1.54) is 4.68 Å². The first-order valence-electron chi connectivity index (χ1n) is 2.50. The lowest BCUT2D eigenvalue weighted by Gasteiger charge is -1.84. The van der Waals surface area contributed by atoms with Crippen LogP contribution in [0.1, 0.15) is 0 Å². The van der Waals surface area contributed by atoms with Gasteiger partial charge in [-0.3, -0.25) is 4.40 Å². The van der Waals surface area contributed by atoms with Crippen LogP contribution in [-0.2, 0) is 0 Å². The summed E-state index contributed by atoms with van der Waals surface area (Å²) < 4.78 is 3.15. The zero-order valence-electron chi connectivity index (χ0n) is 4.60. The van der Waals surface area contributed by atoms with Crippen molar-refractivity contribution in [1.82, 2.24) is 19.3 Å². The Hall–Kier alpha value is -1.52. The van der Waals surface area contributed by atoms with Gasteiger partial charge in [0.25, 0.3) is 5.78 Å². The van der Waals surface area contributed by atoms with Crippen LogP contribution in [0.15, 0.2) is 18.7 Å². The van der Waals surface area contributed by atoms with Gasteiger partial charge in [0.15, 0.2) is 0 Å². The molecule has 0 bridgehead atoms. The SMILES string of the molecule is Nn1ccn2cnnc12. The third-order valence-corrected chi connectivity index (χ3v) is 1.17. The highest BCUT2D eigenvalue weighted by Crippen LogP contribution is 1.93. The molecule has 2 aromatic rings. The lowest BCUT2D eigenvalue weighted by molar-refractivity contribution is 0.993. The van der Waals surface area contributed by atoms with E-state index in [1.807, 2.05) is 0 Å². The van der Waals surface area contributed by atoms with Crippen molar-refractivity contribution in [2.75, 3.05) is 5.84 Å². The zero-order valence-corrected chi connectivity index (χ0v) is 4.60. The van der Waals surface area contributed by atoms with Crippen molar-refractivity contribution in [2.45, 2.75) is 0 Å². The van der Waals surface area contributed by atoms with Gasteiger partial charge in [-0.15, -0.1) is 10.2 Å². The van der Waals surface area contributed by atoms with Gasteiger partial charge in [0, 0.05) is 12.4 Å². The number of nitrogens with two attached hydrogens (primary N) is 1. The highest BCUT2D eigenvalue weighted by molar-refractivity contribution is 5.26. The summed E-state index contributed by atoms with van der Waals surface area (Å²) in [6.45, 7) is 0. The maximum atomic E-state index is 5.41. The van der Waals surface area contributed by atoms with Crippen LogP contribution in [-0.4, -0.2) is 19.3 Å². The van der Waals surface area contributed by atoms with Crippen molar-refractivity contribution in [1.29, 1.82) is 0 Å². The normalized spacial score (nSPS) is 10.7. The molecule has 0 aliphatic rings. The van der Waals surface area contributed by atoms with Gasteiger partial charge in [-0.05, 0) is 0 Å². The van der Waals surface area contributed by atoms with Gasteiger partial charge in [-0.2, -0.15) is 0 Å². The molecule has 46 valence electrons. The molecule has 0 radical (unpaired) electrons. The molecule has 0 aromatic carbocycles. The number of imidazole rings is 1. The molecule has 5 nitrogen and oxygen atoms in total. The Morgan fingerprint density at radius 3 is 3.11 bits per heavy atom. The van der Waals surface area contributed by atoms with Crippen LogP contribution < -0.4 is 5.84 Å². The molecule has 0 amide bonds. The van der Waals surface area contributed by atoms with Gasteiger partial charge in [0.1, 0.15) is 6.33 Å². The molecule has 0 aliphatic carbocycles. The first-order chi connectivity index (χ1) is 4.38. The maximum absolute atomic E-state index is 5.41. The third-order valence-electron chi connectivity index (χ3n) is 1.17. The van der Waals surface area contributed by atoms with Gasteiger partial charge in [0.05, 0.1) is 0 Å². The number of fused-ring (bicyclic) bond motifs is 1. The van der Waals surface area contributed by atoms with Gasteiger partial charge < -0.3 is 5.84 Å². The minimum Gasteiger partial charge on any atom is -0.336 e. The lowest BCUT2D eigenvalue weighted by Crippen LogP contribution is -2.06. The molecule has 2 N–H and O–H groups in total. The van der Waals surface area contributed by atoms with Crippen molar-refractivity contribution >= 4 is 5.78 Å². The van der Waals surface area contributed by atoms with Gasteiger partial charge in [-0.25, -0.2) is 4.68 Å². The molecule has 9 heavy (non-hydrogen) atoms. The second-order valence-electron chi connectivity index (χ2n) is 1.74. The fraction of sp³-hybridized carbons (Fsp3) is 0. The van der Waals surface area contributed by atoms with Gasteiger partial charge in [0.2, 0.25) is 0 Å². The molecular weight excluding hydrogens is 118 g/mol. The van der Waals surface area contributed by atoms with E-state index in [2.05, 4.69) is 10.2 Å². The Morgan fingerprint density at radius 1 is 1.44 bits per heavy atom. The quantitative estimate of drug-likeness (QED) is 0.468. The van der Waals surface area contributed by atoms with Crippen LogP contribution in [0.3, 0.4) is 0 Å². The van der Waals surface area contributed by atoms with Crippen LogP contribution in [0, 0.1) is 0 Å². The fourth-order valence-corrected chi connectivity index (χ4v) is 0.737. The second kappa shape index (κ2) is 1.25. The summed E-state index contributed by atoms with van der Waals surface area (Å²) in [5.41, 5.74) is 0. The lowest BCUT2D eigenvalue weighted by atomic mass is 10.9. The minimum atomic E-state index is 0.648. The number of rotatable bonds is 0. The Labute approximate surface area is 50.7 Å². The van der Waals surface area contributed by atoms with Gasteiger partial charge >= 0.3 is 0 Å². The highest BCUT2D eigenvalue weighted by Gasteiger charge is 1.95. The number of aromatic nitrogens is 4. The summed E-state index contributed by atoms with van der Waals surface area (Å²) >= 11 is 0. The summed E-state index contributed by atoms with van der Waals surface area (Å²) in [5.74, 6) is 6.06. The highest BCUT2D eigenvalue weighted by atomic mass is 15.4. The van der Waals surface area contributed by atoms with E-state index in [4.69, 9.17) is 5.84 Å². The molecule has 0 atom stereocenters. The van der Waals surface area contributed by atoms with Crippen molar-refractivity contribution < 1.29 is 0 Å². The smallest absolute Gasteiger partial charge is 0.253 e. The monoisotopic (exact) mass is 123 g/mol. The van der Waals surface area contributed by atoms with Gasteiger partial charge in [-0.1, -0.05) is 0 Å². The molecule has 0 saturated carbocycles. The molecule has 0 aliphatic heterocycles. The molecular formula is C4H5N5. The van der Waals surface area contributed by atoms with Crippen molar-refractivity contribution in [3.05, 3.63) is 18.7 Å². The summed E-state index contributed by atoms with van der Waals surface area (Å²) in [6, 6.07) is 0. The van der Waals surface area contributed by atoms with E-state index in [0.717, 1.165) is 0 Å². The summed E-state index contributed by atoms with van der Waals surface area (Å²) in [7, 11) is 0. The van der Waals surface area contributed by atoms with E-state index >= 15 is 0 Å². The minimum absolute atomic E-state index is 0.648. The fourth-order valence-electron chi connectivity index (χ4n) is 0.737. The molecule has 0 unspecified atom stereocenters. The number of nitrogen functional groups attached to an aromatic ring is 1. The van der Waals surface area contributed by atoms with Crippen LogP contribution in [0.2, 0.25) is 0 Å². The predicted molar refractivity (Wildman–Crippen MR) is 31.1 cm³/mol. The second-order valence-corrected chi connectivity index (χ2v) is 1.74. The van der Waals surface area contributed by atoms with Crippen molar-refractivity contribution in [3.63, 3.8) is 0 Å². The zero-order chi connectivity index (χ0) is 6.27. The van der Waals surface area contributed by atoms with Crippen LogP contribution >= 0.6 is 0 Å². The molecule has 0 saturated heterocycles. The standard InChI is InChI=1S/C4H5N5/c5-9-2-1-8-3-6-7-4(8)9/h1-3H,5H2. The number of nitrogens with zero attached hydrogens (tertiary/aromatic N) is 4. The molecule has 5 heteroatoms. The van der Waals surface area contributed by atoms with Crippen molar-refractivity contribution in [3.8, 4) is 0 Å². The third kappa shape index (κ3) is 0.426. The first kappa shape index (κ1) is 4.37. The van der Waals surface area contributed by atoms with Crippen LogP contribution in [0.5, 0.6) is 0 Å². The molecule has 2 rings (SSSR count). The Kier molecular flexibility index (Phi) is 0.606. The molecule has 0 fully saturated rings. The van der Waals surface area contributed by atoms with E-state index in [1.54, 1.807) is 23.1 Å². The molecule has 2 aromatic heterocycles. The summed E-state index contributed by atoms with van der Waals surface area (Å²) in [4.78, 5) is 0. The van der Waals surface area contributed by atoms with E-state index in [0.29, 0.717) is 5.78 Å². The van der Waals surface area contributed by atoms with E-state index < -0.39 is 0 Å². The predicted octanol–water partition coefficient (Wildman–Crippen LogP) is -0.755. The van der Waals surface area contributed by atoms with Crippen LogP contribution in [0.25, 0.3) is 5.78 Å². The maximum Gasteiger partial charge on any atom is 0.253 e. The average Bonchev–Trinajstić information content (AvgIpc) is 2.35. The van der Waals surface area contributed by atoms with E-state index in [-0.39, 0.29) is 0 Å². The number of hydrogen-bond donors (Lipinski definition) is 1. The van der Waals surface area contributed by atoms with Crippen molar-refractivity contribution in [2.24, 2.45) is 0 Å². The van der Waals surface area contributed by atoms with E-state index in [9.17, 15) is 0 Å². The van der Waals surface area contributed by atoms with Crippen LogP contribution in [0.4, 0.5) is 0 Å². The Bertz CT molecular complexity index is 318.